The summed E-state index contributed by atoms with van der Waals surface area (Å²) in [6.45, 7) is 7.02. The Balaban J connectivity index is 2.10. The van der Waals surface area contributed by atoms with Gasteiger partial charge >= 0.3 is 0 Å². The molecule has 1 heterocycles. The molecule has 2 atom stereocenters. The van der Waals surface area contributed by atoms with Crippen molar-refractivity contribution < 1.29 is 0 Å². The van der Waals surface area contributed by atoms with Gasteiger partial charge in [0.25, 0.3) is 0 Å². The molecular weight excluding hydrogens is 188 g/mol. The van der Waals surface area contributed by atoms with Crippen molar-refractivity contribution in [3.05, 3.63) is 21.9 Å². The van der Waals surface area contributed by atoms with Crippen LogP contribution in [-0.4, -0.2) is 0 Å². The lowest BCUT2D eigenvalue weighted by atomic mass is 9.76. The second-order valence-electron chi connectivity index (χ2n) is 5.06. The van der Waals surface area contributed by atoms with Crippen molar-refractivity contribution in [2.24, 2.45) is 11.8 Å². The number of thiophene rings is 1. The summed E-state index contributed by atoms with van der Waals surface area (Å²) in [5, 5.41) is 0. The smallest absolute Gasteiger partial charge is 0.00792 e. The summed E-state index contributed by atoms with van der Waals surface area (Å²) in [5.74, 6) is 2.70. The molecule has 0 amide bonds. The average Bonchev–Trinajstić information content (AvgIpc) is 2.50. The molecule has 14 heavy (non-hydrogen) atoms. The Morgan fingerprint density at radius 3 is 2.21 bits per heavy atom. The minimum absolute atomic E-state index is 0.854. The first-order valence-corrected chi connectivity index (χ1v) is 6.53. The highest BCUT2D eigenvalue weighted by Gasteiger charge is 2.25. The summed E-state index contributed by atoms with van der Waals surface area (Å²) in [6, 6.07) is 4.61. The lowest BCUT2D eigenvalue weighted by Gasteiger charge is -2.30. The van der Waals surface area contributed by atoms with E-state index >= 15 is 0 Å². The molecule has 1 heteroatoms. The van der Waals surface area contributed by atoms with Gasteiger partial charge in [0.15, 0.2) is 0 Å². The molecule has 0 bridgehead atoms. The minimum Gasteiger partial charge on any atom is -0.145 e. The van der Waals surface area contributed by atoms with Crippen LogP contribution in [0.3, 0.4) is 0 Å². The molecule has 2 unspecified atom stereocenters. The van der Waals surface area contributed by atoms with Crippen LogP contribution in [0.4, 0.5) is 0 Å². The van der Waals surface area contributed by atoms with Crippen molar-refractivity contribution in [1.29, 1.82) is 0 Å². The summed E-state index contributed by atoms with van der Waals surface area (Å²) >= 11 is 2.00. The molecule has 2 rings (SSSR count). The second kappa shape index (κ2) is 4.06. The fourth-order valence-electron chi connectivity index (χ4n) is 2.85. The normalized spacial score (nSPS) is 33.2. The van der Waals surface area contributed by atoms with Crippen LogP contribution in [-0.2, 0) is 0 Å². The maximum atomic E-state index is 2.41. The van der Waals surface area contributed by atoms with Gasteiger partial charge in [-0.05, 0) is 56.1 Å². The van der Waals surface area contributed by atoms with Gasteiger partial charge in [0.05, 0.1) is 0 Å². The number of rotatable bonds is 1. The van der Waals surface area contributed by atoms with Crippen LogP contribution in [0, 0.1) is 18.8 Å². The van der Waals surface area contributed by atoms with E-state index in [0.717, 1.165) is 17.8 Å². The van der Waals surface area contributed by atoms with Crippen molar-refractivity contribution in [2.75, 3.05) is 0 Å². The summed E-state index contributed by atoms with van der Waals surface area (Å²) in [4.78, 5) is 3.09. The molecule has 1 aromatic heterocycles. The first-order valence-electron chi connectivity index (χ1n) is 5.71. The SMILES string of the molecule is Cc1ccc(C2CC(C)CC(C)C2)s1. The Hall–Kier alpha value is -0.300. The number of hydrogen-bond acceptors (Lipinski definition) is 1. The topological polar surface area (TPSA) is 0 Å². The van der Waals surface area contributed by atoms with Crippen molar-refractivity contribution in [3.63, 3.8) is 0 Å². The summed E-state index contributed by atoms with van der Waals surface area (Å²) in [7, 11) is 0. The summed E-state index contributed by atoms with van der Waals surface area (Å²) in [6.07, 6.45) is 4.25. The first-order chi connectivity index (χ1) is 6.65. The fraction of sp³-hybridized carbons (Fsp3) is 0.692. The van der Waals surface area contributed by atoms with Crippen molar-refractivity contribution in [1.82, 2.24) is 0 Å². The standard InChI is InChI=1S/C13H20S/c1-9-6-10(2)8-12(7-9)13-5-4-11(3)14-13/h4-5,9-10,12H,6-8H2,1-3H3. The van der Waals surface area contributed by atoms with Gasteiger partial charge in [0.2, 0.25) is 0 Å². The quantitative estimate of drug-likeness (QED) is 0.633. The average molecular weight is 208 g/mol. The van der Waals surface area contributed by atoms with E-state index in [4.69, 9.17) is 0 Å². The molecular formula is C13H20S. The Labute approximate surface area is 91.4 Å². The molecule has 0 N–H and O–H groups in total. The van der Waals surface area contributed by atoms with E-state index in [1.807, 2.05) is 11.3 Å². The molecule has 0 aromatic carbocycles. The lowest BCUT2D eigenvalue weighted by Crippen LogP contribution is -2.17. The molecule has 0 saturated heterocycles. The summed E-state index contributed by atoms with van der Waals surface area (Å²) in [5.41, 5.74) is 0. The molecule has 0 spiro atoms. The van der Waals surface area contributed by atoms with E-state index in [2.05, 4.69) is 32.9 Å². The lowest BCUT2D eigenvalue weighted by molar-refractivity contribution is 0.270. The van der Waals surface area contributed by atoms with Gasteiger partial charge in [-0.3, -0.25) is 0 Å². The van der Waals surface area contributed by atoms with Gasteiger partial charge < -0.3 is 0 Å². The van der Waals surface area contributed by atoms with E-state index in [1.54, 1.807) is 4.88 Å². The van der Waals surface area contributed by atoms with Crippen LogP contribution in [0.1, 0.15) is 48.8 Å². The predicted molar refractivity (Wildman–Crippen MR) is 64.0 cm³/mol. The van der Waals surface area contributed by atoms with E-state index < -0.39 is 0 Å². The van der Waals surface area contributed by atoms with Gasteiger partial charge in [0, 0.05) is 9.75 Å². The largest absolute Gasteiger partial charge is 0.145 e. The molecule has 0 aliphatic heterocycles. The predicted octanol–water partition coefficient (Wildman–Crippen LogP) is 4.60. The van der Waals surface area contributed by atoms with E-state index in [-0.39, 0.29) is 0 Å². The highest BCUT2D eigenvalue weighted by atomic mass is 32.1. The van der Waals surface area contributed by atoms with E-state index in [0.29, 0.717) is 0 Å². The van der Waals surface area contributed by atoms with Crippen LogP contribution >= 0.6 is 11.3 Å². The van der Waals surface area contributed by atoms with Gasteiger partial charge in [0.1, 0.15) is 0 Å². The van der Waals surface area contributed by atoms with Crippen LogP contribution in [0.25, 0.3) is 0 Å². The molecule has 0 nitrogen and oxygen atoms in total. The second-order valence-corrected chi connectivity index (χ2v) is 6.38. The van der Waals surface area contributed by atoms with Crippen LogP contribution in [0.5, 0.6) is 0 Å². The highest BCUT2D eigenvalue weighted by Crippen LogP contribution is 2.41. The molecule has 1 aliphatic rings. The van der Waals surface area contributed by atoms with E-state index in [9.17, 15) is 0 Å². The molecule has 1 aromatic rings. The van der Waals surface area contributed by atoms with E-state index in [1.165, 1.54) is 24.1 Å². The third-order valence-electron chi connectivity index (χ3n) is 3.34. The Bertz CT molecular complexity index is 290. The zero-order valence-corrected chi connectivity index (χ0v) is 10.2. The maximum absolute atomic E-state index is 2.41. The van der Waals surface area contributed by atoms with Crippen LogP contribution in [0.15, 0.2) is 12.1 Å². The van der Waals surface area contributed by atoms with Crippen LogP contribution < -0.4 is 0 Å². The van der Waals surface area contributed by atoms with Crippen molar-refractivity contribution in [3.8, 4) is 0 Å². The zero-order chi connectivity index (χ0) is 10.1. The number of hydrogen-bond donors (Lipinski definition) is 0. The molecule has 1 fully saturated rings. The summed E-state index contributed by atoms with van der Waals surface area (Å²) < 4.78 is 0. The zero-order valence-electron chi connectivity index (χ0n) is 9.42. The molecule has 1 aliphatic carbocycles. The highest BCUT2D eigenvalue weighted by molar-refractivity contribution is 7.12. The van der Waals surface area contributed by atoms with Crippen molar-refractivity contribution >= 4 is 11.3 Å². The Kier molecular flexibility index (Phi) is 2.96. The monoisotopic (exact) mass is 208 g/mol. The van der Waals surface area contributed by atoms with Gasteiger partial charge in [-0.25, -0.2) is 0 Å². The fourth-order valence-corrected chi connectivity index (χ4v) is 3.86. The van der Waals surface area contributed by atoms with Crippen molar-refractivity contribution in [2.45, 2.75) is 46.0 Å². The van der Waals surface area contributed by atoms with Gasteiger partial charge in [-0.2, -0.15) is 0 Å². The first kappa shape index (κ1) is 10.2. The van der Waals surface area contributed by atoms with Crippen LogP contribution in [0.2, 0.25) is 0 Å². The molecule has 0 radical (unpaired) electrons. The van der Waals surface area contributed by atoms with Gasteiger partial charge in [-0.1, -0.05) is 13.8 Å². The Morgan fingerprint density at radius 2 is 1.71 bits per heavy atom. The molecule has 78 valence electrons. The Morgan fingerprint density at radius 1 is 1.07 bits per heavy atom. The maximum Gasteiger partial charge on any atom is 0.00792 e. The molecule has 1 saturated carbocycles. The minimum atomic E-state index is 0.854. The third-order valence-corrected chi connectivity index (χ3v) is 4.51. The van der Waals surface area contributed by atoms with Gasteiger partial charge in [-0.15, -0.1) is 11.3 Å². The third kappa shape index (κ3) is 2.20. The number of aryl methyl sites for hydroxylation is 1.